The quantitative estimate of drug-likeness (QED) is 0.697. The Bertz CT molecular complexity index is 800. The number of nitrogens with zero attached hydrogens (tertiary/aromatic N) is 4. The second-order valence-electron chi connectivity index (χ2n) is 5.92. The zero-order chi connectivity index (χ0) is 16.9. The van der Waals surface area contributed by atoms with E-state index in [4.69, 9.17) is 0 Å². The van der Waals surface area contributed by atoms with Gasteiger partial charge < -0.3 is 10.4 Å². The van der Waals surface area contributed by atoms with Gasteiger partial charge in [0.05, 0.1) is 17.7 Å². The van der Waals surface area contributed by atoms with E-state index in [2.05, 4.69) is 32.5 Å². The molecule has 0 spiro atoms. The Morgan fingerprint density at radius 1 is 1.17 bits per heavy atom. The van der Waals surface area contributed by atoms with Crippen LogP contribution in [0.25, 0.3) is 11.0 Å². The molecule has 0 aliphatic rings. The molecule has 2 heterocycles. The molecule has 6 nitrogen and oxygen atoms in total. The average molecular weight is 325 g/mol. The lowest BCUT2D eigenvalue weighted by Gasteiger charge is -2.12. The number of aromatic nitrogens is 4. The summed E-state index contributed by atoms with van der Waals surface area (Å²) in [6.07, 6.45) is 3.73. The molecule has 0 aliphatic carbocycles. The van der Waals surface area contributed by atoms with Crippen molar-refractivity contribution in [2.45, 2.75) is 32.3 Å². The van der Waals surface area contributed by atoms with Gasteiger partial charge in [-0.25, -0.2) is 9.97 Å². The minimum Gasteiger partial charge on any atom is -0.391 e. The molecule has 0 bridgehead atoms. The molecule has 0 aliphatic heterocycles. The summed E-state index contributed by atoms with van der Waals surface area (Å²) in [7, 11) is 1.88. The van der Waals surface area contributed by atoms with Crippen LogP contribution in [0.4, 0.5) is 5.82 Å². The van der Waals surface area contributed by atoms with E-state index in [1.807, 2.05) is 32.2 Å². The molecule has 6 heteroatoms. The van der Waals surface area contributed by atoms with Crippen LogP contribution in [0.1, 0.15) is 24.7 Å². The fraction of sp³-hybridized carbons (Fsp3) is 0.389. The Labute approximate surface area is 141 Å². The average Bonchev–Trinajstić information content (AvgIpc) is 2.99. The van der Waals surface area contributed by atoms with Crippen molar-refractivity contribution in [3.63, 3.8) is 0 Å². The van der Waals surface area contributed by atoms with Crippen molar-refractivity contribution < 1.29 is 5.11 Å². The van der Waals surface area contributed by atoms with Crippen LogP contribution in [0.2, 0.25) is 0 Å². The Balaban J connectivity index is 1.83. The minimum absolute atomic E-state index is 0.389. The summed E-state index contributed by atoms with van der Waals surface area (Å²) in [4.78, 5) is 9.29. The molecule has 0 fully saturated rings. The van der Waals surface area contributed by atoms with Crippen LogP contribution >= 0.6 is 0 Å². The highest BCUT2D eigenvalue weighted by Gasteiger charge is 2.12. The molecule has 0 amide bonds. The Kier molecular flexibility index (Phi) is 5.05. The highest BCUT2D eigenvalue weighted by Crippen LogP contribution is 2.20. The van der Waals surface area contributed by atoms with Crippen LogP contribution < -0.4 is 5.32 Å². The van der Waals surface area contributed by atoms with Gasteiger partial charge in [-0.15, -0.1) is 0 Å². The first-order valence-corrected chi connectivity index (χ1v) is 8.32. The van der Waals surface area contributed by atoms with Gasteiger partial charge in [0, 0.05) is 20.0 Å². The highest BCUT2D eigenvalue weighted by atomic mass is 16.3. The summed E-state index contributed by atoms with van der Waals surface area (Å²) < 4.78 is 1.75. The third-order valence-corrected chi connectivity index (χ3v) is 4.09. The summed E-state index contributed by atoms with van der Waals surface area (Å²) in [5.41, 5.74) is 2.07. The van der Waals surface area contributed by atoms with E-state index < -0.39 is 0 Å². The number of benzene rings is 1. The standard InChI is InChI=1S/C18H23N5O/c1-3-14(24)11-19-17-15-12-20-23(2)18(15)22-16(21-17)10-9-13-7-5-4-6-8-13/h4-8,12,14,24H,3,9-11H2,1-2H3,(H,19,21,22)/t14-/m0/s1. The van der Waals surface area contributed by atoms with E-state index in [0.29, 0.717) is 13.0 Å². The van der Waals surface area contributed by atoms with Gasteiger partial charge in [-0.1, -0.05) is 37.3 Å². The molecule has 1 atom stereocenters. The number of rotatable bonds is 7. The third-order valence-electron chi connectivity index (χ3n) is 4.09. The molecule has 0 radical (unpaired) electrons. The number of aliphatic hydroxyl groups is 1. The molecule has 24 heavy (non-hydrogen) atoms. The molecule has 1 aromatic carbocycles. The van der Waals surface area contributed by atoms with Crippen LogP contribution in [-0.4, -0.2) is 37.5 Å². The van der Waals surface area contributed by atoms with E-state index in [-0.39, 0.29) is 6.10 Å². The first kappa shape index (κ1) is 16.4. The monoisotopic (exact) mass is 325 g/mol. The highest BCUT2D eigenvalue weighted by molar-refractivity contribution is 5.86. The zero-order valence-corrected chi connectivity index (χ0v) is 14.1. The first-order valence-electron chi connectivity index (χ1n) is 8.32. The van der Waals surface area contributed by atoms with Crippen LogP contribution in [0.5, 0.6) is 0 Å². The Morgan fingerprint density at radius 3 is 2.71 bits per heavy atom. The summed E-state index contributed by atoms with van der Waals surface area (Å²) in [5.74, 6) is 1.52. The van der Waals surface area contributed by atoms with Crippen LogP contribution in [0, 0.1) is 0 Å². The summed E-state index contributed by atoms with van der Waals surface area (Å²) in [6, 6.07) is 10.3. The molecule has 126 valence electrons. The summed E-state index contributed by atoms with van der Waals surface area (Å²) in [5, 5.41) is 18.2. The third kappa shape index (κ3) is 3.71. The summed E-state index contributed by atoms with van der Waals surface area (Å²) >= 11 is 0. The lowest BCUT2D eigenvalue weighted by Crippen LogP contribution is -2.19. The maximum atomic E-state index is 9.79. The molecule has 2 aromatic heterocycles. The number of anilines is 1. The zero-order valence-electron chi connectivity index (χ0n) is 14.1. The number of nitrogens with one attached hydrogen (secondary N) is 1. The second-order valence-corrected chi connectivity index (χ2v) is 5.92. The van der Waals surface area contributed by atoms with Crippen LogP contribution in [0.15, 0.2) is 36.5 Å². The molecule has 3 rings (SSSR count). The number of fused-ring (bicyclic) bond motifs is 1. The Hall–Kier alpha value is -2.47. The summed E-state index contributed by atoms with van der Waals surface area (Å²) in [6.45, 7) is 2.42. The van der Waals surface area contributed by atoms with Gasteiger partial charge >= 0.3 is 0 Å². The SMILES string of the molecule is CC[C@H](O)CNc1nc(CCc2ccccc2)nc2c1cnn2C. The normalized spacial score (nSPS) is 12.5. The van der Waals surface area contributed by atoms with Crippen LogP contribution in [-0.2, 0) is 19.9 Å². The molecule has 0 unspecified atom stereocenters. The number of aryl methyl sites for hydroxylation is 3. The van der Waals surface area contributed by atoms with E-state index in [0.717, 1.165) is 35.5 Å². The van der Waals surface area contributed by atoms with Gasteiger partial charge in [0.1, 0.15) is 11.6 Å². The lowest BCUT2D eigenvalue weighted by atomic mass is 10.1. The van der Waals surface area contributed by atoms with Gasteiger partial charge in [0.15, 0.2) is 5.65 Å². The van der Waals surface area contributed by atoms with Crippen molar-refractivity contribution in [2.24, 2.45) is 7.05 Å². The van der Waals surface area contributed by atoms with Crippen molar-refractivity contribution in [1.82, 2.24) is 19.7 Å². The van der Waals surface area contributed by atoms with Crippen molar-refractivity contribution in [3.8, 4) is 0 Å². The maximum Gasteiger partial charge on any atom is 0.163 e. The number of hydrogen-bond acceptors (Lipinski definition) is 5. The first-order chi connectivity index (χ1) is 11.7. The largest absolute Gasteiger partial charge is 0.391 e. The molecule has 0 saturated heterocycles. The predicted octanol–water partition coefficient (Wildman–Crippen LogP) is 2.33. The maximum absolute atomic E-state index is 9.79. The van der Waals surface area contributed by atoms with Crippen molar-refractivity contribution in [1.29, 1.82) is 0 Å². The topological polar surface area (TPSA) is 75.9 Å². The van der Waals surface area contributed by atoms with Crippen molar-refractivity contribution >= 4 is 16.9 Å². The fourth-order valence-corrected chi connectivity index (χ4v) is 2.57. The van der Waals surface area contributed by atoms with E-state index in [9.17, 15) is 5.11 Å². The van der Waals surface area contributed by atoms with E-state index in [1.165, 1.54) is 5.56 Å². The molecule has 2 N–H and O–H groups in total. The van der Waals surface area contributed by atoms with Crippen molar-refractivity contribution in [3.05, 3.63) is 47.9 Å². The second kappa shape index (κ2) is 7.40. The van der Waals surface area contributed by atoms with Gasteiger partial charge in [-0.2, -0.15) is 5.10 Å². The number of aliphatic hydroxyl groups excluding tert-OH is 1. The molecular weight excluding hydrogens is 302 g/mol. The minimum atomic E-state index is -0.389. The van der Waals surface area contributed by atoms with Gasteiger partial charge in [0.2, 0.25) is 0 Å². The van der Waals surface area contributed by atoms with E-state index in [1.54, 1.807) is 10.9 Å². The fourth-order valence-electron chi connectivity index (χ4n) is 2.57. The van der Waals surface area contributed by atoms with Crippen molar-refractivity contribution in [2.75, 3.05) is 11.9 Å². The molecule has 0 saturated carbocycles. The smallest absolute Gasteiger partial charge is 0.163 e. The molecular formula is C18H23N5O. The van der Waals surface area contributed by atoms with Crippen LogP contribution in [0.3, 0.4) is 0 Å². The molecule has 3 aromatic rings. The van der Waals surface area contributed by atoms with E-state index >= 15 is 0 Å². The van der Waals surface area contributed by atoms with Gasteiger partial charge in [-0.3, -0.25) is 4.68 Å². The lowest BCUT2D eigenvalue weighted by molar-refractivity contribution is 0.183. The number of hydrogen-bond donors (Lipinski definition) is 2. The van der Waals surface area contributed by atoms with Gasteiger partial charge in [0.25, 0.3) is 0 Å². The Morgan fingerprint density at radius 2 is 1.96 bits per heavy atom. The van der Waals surface area contributed by atoms with Gasteiger partial charge in [-0.05, 0) is 18.4 Å². The predicted molar refractivity (Wildman–Crippen MR) is 94.9 cm³/mol.